The summed E-state index contributed by atoms with van der Waals surface area (Å²) in [6.45, 7) is 11.4. The number of carbonyl (C=O) groups is 3. The molecule has 1 aliphatic carbocycles. The highest BCUT2D eigenvalue weighted by Gasteiger charge is 2.65. The van der Waals surface area contributed by atoms with Gasteiger partial charge in [-0.1, -0.05) is 34.6 Å². The molecule has 3 rings (SSSR count). The predicted octanol–water partition coefficient (Wildman–Crippen LogP) is 2.58. The summed E-state index contributed by atoms with van der Waals surface area (Å²) in [5, 5.41) is 2.47. The number of nitrogens with one attached hydrogen (secondary N) is 1. The summed E-state index contributed by atoms with van der Waals surface area (Å²) in [5.74, 6) is -1.11. The van der Waals surface area contributed by atoms with E-state index < -0.39 is 22.3 Å². The van der Waals surface area contributed by atoms with Crippen LogP contribution in [0.15, 0.2) is 0 Å². The van der Waals surface area contributed by atoms with Gasteiger partial charge in [0.2, 0.25) is 5.91 Å². The molecule has 22 heavy (non-hydrogen) atoms. The molecular weight excluding hydrogens is 282 g/mol. The zero-order valence-corrected chi connectivity index (χ0v) is 14.5. The summed E-state index contributed by atoms with van der Waals surface area (Å²) in [6, 6.07) is 0. The highest BCUT2D eigenvalue weighted by molar-refractivity contribution is 6.03. The van der Waals surface area contributed by atoms with E-state index in [1.165, 1.54) is 0 Å². The minimum Gasteiger partial charge on any atom is -0.448 e. The second-order valence-corrected chi connectivity index (χ2v) is 8.30. The van der Waals surface area contributed by atoms with Crippen molar-refractivity contribution in [3.8, 4) is 0 Å². The lowest BCUT2D eigenvalue weighted by Crippen LogP contribution is -2.67. The average Bonchev–Trinajstić information content (AvgIpc) is 2.41. The zero-order chi connectivity index (χ0) is 17.0. The molecule has 124 valence electrons. The third-order valence-electron chi connectivity index (χ3n) is 6.13. The van der Waals surface area contributed by atoms with Crippen LogP contribution >= 0.6 is 0 Å². The number of imide groups is 1. The van der Waals surface area contributed by atoms with Gasteiger partial charge < -0.3 is 4.74 Å². The van der Waals surface area contributed by atoms with Crippen LogP contribution in [0, 0.1) is 16.2 Å². The van der Waals surface area contributed by atoms with Crippen molar-refractivity contribution in [2.75, 3.05) is 0 Å². The third kappa shape index (κ3) is 2.25. The molecule has 0 radical (unpaired) electrons. The molecule has 3 aliphatic rings. The molecule has 2 bridgehead atoms. The molecule has 2 saturated heterocycles. The highest BCUT2D eigenvalue weighted by atomic mass is 16.6. The number of carbonyl (C=O) groups excluding carboxylic acids is 3. The van der Waals surface area contributed by atoms with Gasteiger partial charge in [-0.15, -0.1) is 0 Å². The van der Waals surface area contributed by atoms with Crippen LogP contribution in [0.5, 0.6) is 0 Å². The number of esters is 1. The second-order valence-electron chi connectivity index (χ2n) is 8.30. The first kappa shape index (κ1) is 17.0. The number of hydrogen-bond donors (Lipinski definition) is 1. The molecule has 3 fully saturated rings. The summed E-state index contributed by atoms with van der Waals surface area (Å²) < 4.78 is 5.52. The number of ether oxygens (including phenoxy) is 1. The zero-order valence-electron chi connectivity index (χ0n) is 14.5. The van der Waals surface area contributed by atoms with Crippen molar-refractivity contribution in [2.24, 2.45) is 16.2 Å². The Morgan fingerprint density at radius 1 is 1.23 bits per heavy atom. The van der Waals surface area contributed by atoms with E-state index in [1.54, 1.807) is 13.8 Å². The first-order valence-electron chi connectivity index (χ1n) is 8.00. The van der Waals surface area contributed by atoms with Gasteiger partial charge >= 0.3 is 5.97 Å². The largest absolute Gasteiger partial charge is 0.448 e. The van der Waals surface area contributed by atoms with Gasteiger partial charge in [-0.25, -0.2) is 0 Å². The molecule has 2 heterocycles. The fourth-order valence-corrected chi connectivity index (χ4v) is 3.33. The first-order valence-corrected chi connectivity index (χ1v) is 8.00. The average molecular weight is 309 g/mol. The fraction of sp³-hybridized carbons (Fsp3) is 0.824. The molecule has 2 atom stereocenters. The van der Waals surface area contributed by atoms with Crippen molar-refractivity contribution in [1.29, 1.82) is 0 Å². The van der Waals surface area contributed by atoms with E-state index in [-0.39, 0.29) is 17.3 Å². The van der Waals surface area contributed by atoms with Crippen molar-refractivity contribution in [1.82, 2.24) is 5.32 Å². The van der Waals surface area contributed by atoms with E-state index in [2.05, 4.69) is 5.32 Å². The van der Waals surface area contributed by atoms with Crippen molar-refractivity contribution in [3.05, 3.63) is 0 Å². The number of hydrogen-bond acceptors (Lipinski definition) is 4. The smallest absolute Gasteiger partial charge is 0.313 e. The molecule has 0 aromatic heterocycles. The van der Waals surface area contributed by atoms with Crippen LogP contribution in [0.4, 0.5) is 0 Å². The minimum absolute atomic E-state index is 0.317. The molecular formula is C17H27NO4. The Labute approximate surface area is 132 Å². The summed E-state index contributed by atoms with van der Waals surface area (Å²) in [7, 11) is 0. The van der Waals surface area contributed by atoms with E-state index in [4.69, 9.17) is 4.74 Å². The molecule has 0 aromatic carbocycles. The first-order chi connectivity index (χ1) is 9.90. The Bertz CT molecular complexity index is 537. The molecule has 1 N–H and O–H groups in total. The van der Waals surface area contributed by atoms with Crippen LogP contribution in [0.1, 0.15) is 67.2 Å². The van der Waals surface area contributed by atoms with Gasteiger partial charge in [0.05, 0.1) is 5.41 Å². The number of amides is 2. The van der Waals surface area contributed by atoms with Crippen LogP contribution in [0.25, 0.3) is 0 Å². The maximum absolute atomic E-state index is 12.7. The van der Waals surface area contributed by atoms with Gasteiger partial charge in [0.15, 0.2) is 5.60 Å². The molecule has 2 unspecified atom stereocenters. The Balaban J connectivity index is 2.24. The topological polar surface area (TPSA) is 72.5 Å². The van der Waals surface area contributed by atoms with Crippen molar-refractivity contribution < 1.29 is 19.1 Å². The monoisotopic (exact) mass is 309 g/mol. The summed E-state index contributed by atoms with van der Waals surface area (Å²) in [5.41, 5.74) is -2.70. The van der Waals surface area contributed by atoms with Crippen LogP contribution in [0.3, 0.4) is 0 Å². The van der Waals surface area contributed by atoms with E-state index in [0.29, 0.717) is 25.7 Å². The summed E-state index contributed by atoms with van der Waals surface area (Å²) in [6.07, 6.45) is 2.17. The van der Waals surface area contributed by atoms with Crippen molar-refractivity contribution in [3.63, 3.8) is 0 Å². The lowest BCUT2D eigenvalue weighted by molar-refractivity contribution is -0.226. The van der Waals surface area contributed by atoms with Crippen LogP contribution in [0.2, 0.25) is 0 Å². The quantitative estimate of drug-likeness (QED) is 0.813. The standard InChI is InChI=1S/C17H27NO4/c1-7-14(2,3)11(19)18-12(20)17-9-8-16(6,13(21)22-17)15(4,5)10-17/h7-10H2,1-6H3,(H,18,19,20). The maximum atomic E-state index is 12.7. The van der Waals surface area contributed by atoms with Crippen LogP contribution < -0.4 is 5.32 Å². The molecule has 2 amide bonds. The van der Waals surface area contributed by atoms with E-state index in [0.717, 1.165) is 0 Å². The number of rotatable bonds is 3. The maximum Gasteiger partial charge on any atom is 0.313 e. The van der Waals surface area contributed by atoms with E-state index >= 15 is 0 Å². The Hall–Kier alpha value is -1.39. The van der Waals surface area contributed by atoms with Gasteiger partial charge in [-0.05, 0) is 31.6 Å². The number of fused-ring (bicyclic) bond motifs is 3. The molecule has 5 heteroatoms. The summed E-state index contributed by atoms with van der Waals surface area (Å²) >= 11 is 0. The molecule has 2 aliphatic heterocycles. The van der Waals surface area contributed by atoms with Gasteiger partial charge in [0.1, 0.15) is 0 Å². The van der Waals surface area contributed by atoms with Crippen molar-refractivity contribution in [2.45, 2.75) is 72.8 Å². The van der Waals surface area contributed by atoms with E-state index in [1.807, 2.05) is 27.7 Å². The summed E-state index contributed by atoms with van der Waals surface area (Å²) in [4.78, 5) is 37.3. The highest BCUT2D eigenvalue weighted by Crippen LogP contribution is 2.59. The second kappa shape index (κ2) is 4.80. The fourth-order valence-electron chi connectivity index (χ4n) is 3.33. The predicted molar refractivity (Wildman–Crippen MR) is 81.8 cm³/mol. The van der Waals surface area contributed by atoms with E-state index in [9.17, 15) is 14.4 Å². The van der Waals surface area contributed by atoms with Gasteiger partial charge in [-0.2, -0.15) is 0 Å². The lowest BCUT2D eigenvalue weighted by atomic mass is 9.52. The molecule has 0 spiro atoms. The lowest BCUT2D eigenvalue weighted by Gasteiger charge is -2.57. The van der Waals surface area contributed by atoms with Gasteiger partial charge in [0, 0.05) is 11.8 Å². The van der Waals surface area contributed by atoms with Crippen LogP contribution in [-0.2, 0) is 19.1 Å². The Morgan fingerprint density at radius 3 is 2.27 bits per heavy atom. The molecule has 0 aromatic rings. The third-order valence-corrected chi connectivity index (χ3v) is 6.13. The van der Waals surface area contributed by atoms with Gasteiger partial charge in [-0.3, -0.25) is 19.7 Å². The van der Waals surface area contributed by atoms with Crippen molar-refractivity contribution >= 4 is 17.8 Å². The minimum atomic E-state index is -1.20. The SMILES string of the molecule is CCC(C)(C)C(=O)NC(=O)C12CCC(C)(C(=O)O1)C(C)(C)C2. The Morgan fingerprint density at radius 2 is 1.82 bits per heavy atom. The van der Waals surface area contributed by atoms with Crippen LogP contribution in [-0.4, -0.2) is 23.4 Å². The Kier molecular flexibility index (Phi) is 3.70. The van der Waals surface area contributed by atoms with Gasteiger partial charge in [0.25, 0.3) is 5.91 Å². The molecule has 5 nitrogen and oxygen atoms in total. The normalized spacial score (nSPS) is 33.3. The molecule has 1 saturated carbocycles.